The van der Waals surface area contributed by atoms with Crippen molar-refractivity contribution in [3.05, 3.63) is 0 Å². The quantitative estimate of drug-likeness (QED) is 0.787. The van der Waals surface area contributed by atoms with Gasteiger partial charge in [-0.2, -0.15) is 0 Å². The van der Waals surface area contributed by atoms with Crippen molar-refractivity contribution in [2.45, 2.75) is 70.9 Å². The van der Waals surface area contributed by atoms with E-state index in [1.54, 1.807) is 0 Å². The zero-order valence-electron chi connectivity index (χ0n) is 11.8. The second-order valence-corrected chi connectivity index (χ2v) is 6.99. The van der Waals surface area contributed by atoms with Crippen molar-refractivity contribution < 1.29 is 9.53 Å². The number of amides is 1. The lowest BCUT2D eigenvalue weighted by Crippen LogP contribution is -2.40. The predicted molar refractivity (Wildman–Crippen MR) is 78.1 cm³/mol. The Morgan fingerprint density at radius 1 is 1.28 bits per heavy atom. The van der Waals surface area contributed by atoms with Crippen molar-refractivity contribution in [2.75, 3.05) is 5.33 Å². The molecule has 1 N–H and O–H groups in total. The van der Waals surface area contributed by atoms with Gasteiger partial charge in [0.1, 0.15) is 5.60 Å². The number of carbonyl (C=O) groups is 1. The van der Waals surface area contributed by atoms with E-state index in [1.807, 2.05) is 20.8 Å². The summed E-state index contributed by atoms with van der Waals surface area (Å²) in [5.41, 5.74) is -0.406. The van der Waals surface area contributed by atoms with Crippen LogP contribution in [-0.2, 0) is 4.74 Å². The Balaban J connectivity index is 2.21. The number of carbonyl (C=O) groups excluding carboxylic acids is 1. The van der Waals surface area contributed by atoms with Crippen LogP contribution in [0.5, 0.6) is 0 Å². The molecule has 1 aliphatic carbocycles. The normalized spacial score (nSPS) is 24.7. The number of halogens is 1. The molecular formula is C14H26BrNO2. The van der Waals surface area contributed by atoms with Crippen LogP contribution in [0.3, 0.4) is 0 Å². The Labute approximate surface area is 119 Å². The maximum atomic E-state index is 11.6. The summed E-state index contributed by atoms with van der Waals surface area (Å²) in [7, 11) is 0. The van der Waals surface area contributed by atoms with E-state index in [0.29, 0.717) is 6.04 Å². The smallest absolute Gasteiger partial charge is 0.407 e. The summed E-state index contributed by atoms with van der Waals surface area (Å²) in [6.07, 6.45) is 6.94. The molecule has 4 heteroatoms. The first-order chi connectivity index (χ1) is 8.40. The third-order valence-corrected chi connectivity index (χ3v) is 3.87. The maximum absolute atomic E-state index is 11.6. The third-order valence-electron chi connectivity index (χ3n) is 3.31. The molecule has 1 fully saturated rings. The minimum absolute atomic E-state index is 0.272. The lowest BCUT2D eigenvalue weighted by Gasteiger charge is -2.30. The largest absolute Gasteiger partial charge is 0.444 e. The Hall–Kier alpha value is -0.250. The summed E-state index contributed by atoms with van der Waals surface area (Å²) in [5.74, 6) is 0.847. The fourth-order valence-electron chi connectivity index (χ4n) is 2.44. The molecule has 0 saturated heterocycles. The molecule has 1 aliphatic rings. The second-order valence-electron chi connectivity index (χ2n) is 6.20. The molecule has 18 heavy (non-hydrogen) atoms. The van der Waals surface area contributed by atoms with E-state index in [4.69, 9.17) is 4.74 Å². The average Bonchev–Trinajstić information content (AvgIpc) is 2.25. The van der Waals surface area contributed by atoms with Gasteiger partial charge in [-0.3, -0.25) is 0 Å². The van der Waals surface area contributed by atoms with E-state index in [2.05, 4.69) is 21.2 Å². The average molecular weight is 320 g/mol. The lowest BCUT2D eigenvalue weighted by molar-refractivity contribution is 0.0486. The van der Waals surface area contributed by atoms with Gasteiger partial charge in [-0.25, -0.2) is 4.79 Å². The molecule has 0 atom stereocenters. The minimum atomic E-state index is -0.406. The van der Waals surface area contributed by atoms with Crippen molar-refractivity contribution in [2.24, 2.45) is 5.92 Å². The molecule has 0 unspecified atom stereocenters. The van der Waals surface area contributed by atoms with E-state index in [9.17, 15) is 4.79 Å². The molecule has 3 nitrogen and oxygen atoms in total. The zero-order chi connectivity index (χ0) is 13.6. The van der Waals surface area contributed by atoms with Crippen LogP contribution >= 0.6 is 15.9 Å². The van der Waals surface area contributed by atoms with Gasteiger partial charge in [0.05, 0.1) is 0 Å². The topological polar surface area (TPSA) is 38.3 Å². The van der Waals surface area contributed by atoms with Crippen LogP contribution in [0.2, 0.25) is 0 Å². The minimum Gasteiger partial charge on any atom is -0.444 e. The molecule has 0 aliphatic heterocycles. The molecule has 1 amide bonds. The van der Waals surface area contributed by atoms with Gasteiger partial charge >= 0.3 is 6.09 Å². The number of hydrogen-bond donors (Lipinski definition) is 1. The van der Waals surface area contributed by atoms with Crippen LogP contribution in [0.25, 0.3) is 0 Å². The summed E-state index contributed by atoms with van der Waals surface area (Å²) >= 11 is 3.48. The van der Waals surface area contributed by atoms with Crippen molar-refractivity contribution in [3.63, 3.8) is 0 Å². The van der Waals surface area contributed by atoms with E-state index < -0.39 is 5.60 Å². The second kappa shape index (κ2) is 7.37. The first-order valence-corrected chi connectivity index (χ1v) is 8.08. The van der Waals surface area contributed by atoms with Crippen LogP contribution in [-0.4, -0.2) is 23.1 Å². The number of alkyl halides is 1. The highest BCUT2D eigenvalue weighted by Gasteiger charge is 2.24. The van der Waals surface area contributed by atoms with Crippen molar-refractivity contribution in [1.82, 2.24) is 5.32 Å². The molecule has 0 aromatic carbocycles. The van der Waals surface area contributed by atoms with Gasteiger partial charge < -0.3 is 10.1 Å². The molecule has 0 radical (unpaired) electrons. The number of ether oxygens (including phenoxy) is 1. The number of rotatable bonds is 4. The zero-order valence-corrected chi connectivity index (χ0v) is 13.4. The predicted octanol–water partition coefficient (Wildman–Crippen LogP) is 4.25. The molecule has 0 spiro atoms. The Bertz CT molecular complexity index is 255. The molecular weight excluding hydrogens is 294 g/mol. The summed E-state index contributed by atoms with van der Waals surface area (Å²) in [5, 5.41) is 4.08. The molecule has 1 saturated carbocycles. The fraction of sp³-hybridized carbons (Fsp3) is 0.929. The van der Waals surface area contributed by atoms with Crippen LogP contribution < -0.4 is 5.32 Å². The van der Waals surface area contributed by atoms with Crippen molar-refractivity contribution >= 4 is 22.0 Å². The SMILES string of the molecule is CC(C)(C)OC(=O)N[C@H]1CC[C@H](CCCBr)CC1. The highest BCUT2D eigenvalue weighted by atomic mass is 79.9. The Morgan fingerprint density at radius 2 is 1.89 bits per heavy atom. The standard InChI is InChI=1S/C14H26BrNO2/c1-14(2,3)18-13(17)16-12-8-6-11(7-9-12)5-4-10-15/h11-12H,4-10H2,1-3H3,(H,16,17)/t11-,12-. The molecule has 0 aromatic rings. The van der Waals surface area contributed by atoms with Crippen molar-refractivity contribution in [1.29, 1.82) is 0 Å². The van der Waals surface area contributed by atoms with Crippen LogP contribution in [0.15, 0.2) is 0 Å². The first kappa shape index (κ1) is 15.8. The molecule has 1 rings (SSSR count). The van der Waals surface area contributed by atoms with Gasteiger partial charge in [-0.15, -0.1) is 0 Å². The molecule has 0 aromatic heterocycles. The van der Waals surface area contributed by atoms with Crippen molar-refractivity contribution in [3.8, 4) is 0 Å². The summed E-state index contributed by atoms with van der Waals surface area (Å²) in [6.45, 7) is 5.68. The summed E-state index contributed by atoms with van der Waals surface area (Å²) in [4.78, 5) is 11.6. The van der Waals surface area contributed by atoms with E-state index >= 15 is 0 Å². The van der Waals surface area contributed by atoms with Crippen LogP contribution in [0.4, 0.5) is 4.79 Å². The molecule has 0 heterocycles. The highest BCUT2D eigenvalue weighted by molar-refractivity contribution is 9.09. The Morgan fingerprint density at radius 3 is 2.39 bits per heavy atom. The molecule has 0 bridgehead atoms. The number of nitrogens with one attached hydrogen (secondary N) is 1. The molecule has 106 valence electrons. The number of alkyl carbamates (subject to hydrolysis) is 1. The van der Waals surface area contributed by atoms with E-state index in [-0.39, 0.29) is 6.09 Å². The van der Waals surface area contributed by atoms with Gasteiger partial charge in [0.15, 0.2) is 0 Å². The lowest BCUT2D eigenvalue weighted by atomic mass is 9.83. The van der Waals surface area contributed by atoms with Gasteiger partial charge in [0, 0.05) is 11.4 Å². The van der Waals surface area contributed by atoms with Crippen LogP contribution in [0, 0.1) is 5.92 Å². The third kappa shape index (κ3) is 6.62. The van der Waals surface area contributed by atoms with Gasteiger partial charge in [0.25, 0.3) is 0 Å². The summed E-state index contributed by atoms with van der Waals surface area (Å²) < 4.78 is 5.28. The van der Waals surface area contributed by atoms with E-state index in [0.717, 1.165) is 24.1 Å². The van der Waals surface area contributed by atoms with Gasteiger partial charge in [0.2, 0.25) is 0 Å². The Kier molecular flexibility index (Phi) is 6.47. The van der Waals surface area contributed by atoms with Gasteiger partial charge in [-0.05, 0) is 65.2 Å². The maximum Gasteiger partial charge on any atom is 0.407 e. The fourth-order valence-corrected chi connectivity index (χ4v) is 2.76. The van der Waals surface area contributed by atoms with E-state index in [1.165, 1.54) is 25.7 Å². The van der Waals surface area contributed by atoms with Gasteiger partial charge in [-0.1, -0.05) is 15.9 Å². The highest BCUT2D eigenvalue weighted by Crippen LogP contribution is 2.28. The summed E-state index contributed by atoms with van der Waals surface area (Å²) in [6, 6.07) is 0.306. The van der Waals surface area contributed by atoms with Crippen LogP contribution in [0.1, 0.15) is 59.3 Å². The number of hydrogen-bond acceptors (Lipinski definition) is 2. The first-order valence-electron chi connectivity index (χ1n) is 6.96. The monoisotopic (exact) mass is 319 g/mol.